The molecule has 0 atom stereocenters. The molecule has 0 saturated heterocycles. The third-order valence-corrected chi connectivity index (χ3v) is 7.03. The number of benzene rings is 2. The van der Waals surface area contributed by atoms with Crippen molar-refractivity contribution >= 4 is 35.1 Å². The van der Waals surface area contributed by atoms with Gasteiger partial charge in [0.1, 0.15) is 11.6 Å². The summed E-state index contributed by atoms with van der Waals surface area (Å²) < 4.78 is 37.2. The topological polar surface area (TPSA) is 126 Å². The van der Waals surface area contributed by atoms with Crippen LogP contribution < -0.4 is 11.5 Å². The van der Waals surface area contributed by atoms with Crippen LogP contribution in [0.2, 0.25) is 10.0 Å². The number of hydrogen-bond donors (Lipinski definition) is 2. The molecular weight excluding hydrogens is 525 g/mol. The first kappa shape index (κ1) is 25.2. The molecule has 0 spiro atoms. The number of halogens is 4. The lowest BCUT2D eigenvalue weighted by atomic mass is 9.88. The minimum atomic E-state index is -0.763. The van der Waals surface area contributed by atoms with E-state index in [4.69, 9.17) is 44.1 Å². The van der Waals surface area contributed by atoms with Crippen molar-refractivity contribution in [2.45, 2.75) is 44.4 Å². The van der Waals surface area contributed by atoms with Crippen LogP contribution in [0.4, 0.5) is 14.8 Å². The van der Waals surface area contributed by atoms with Crippen LogP contribution in [0.1, 0.15) is 49.4 Å². The second-order valence-electron chi connectivity index (χ2n) is 8.92. The van der Waals surface area contributed by atoms with Crippen LogP contribution in [-0.2, 0) is 11.2 Å². The van der Waals surface area contributed by atoms with Gasteiger partial charge in [-0.15, -0.1) is 5.10 Å². The van der Waals surface area contributed by atoms with Gasteiger partial charge in [-0.1, -0.05) is 53.6 Å². The minimum absolute atomic E-state index is 0.00792. The molecule has 0 bridgehead atoms. The SMILES string of the molecule is NC(=O)Cc1ccc(Cl)c(F)c1-n1c(C2CCCCC2)nc(-c2nnc(N)o2)c1-c1ccc(F)c(Cl)c1. The third-order valence-electron chi connectivity index (χ3n) is 6.45. The van der Waals surface area contributed by atoms with Crippen LogP contribution in [0.25, 0.3) is 28.5 Å². The number of nitrogen functional groups attached to an aromatic ring is 1. The molecule has 1 saturated carbocycles. The second kappa shape index (κ2) is 10.1. The highest BCUT2D eigenvalue weighted by molar-refractivity contribution is 6.31. The standard InChI is InChI=1S/C25H22Cl2F2N6O2/c26-15-8-6-14(11-18(30)36)21(19(15)29)35-22(13-7-9-17(28)16(27)10-13)20(24-33-34-25(31)37-24)32-23(35)12-4-2-1-3-5-12/h6-10,12H,1-5,11H2,(H2,30,36)(H2,31,34). The summed E-state index contributed by atoms with van der Waals surface area (Å²) in [5.74, 6) is -1.61. The molecule has 192 valence electrons. The molecule has 4 N–H and O–H groups in total. The van der Waals surface area contributed by atoms with Crippen molar-refractivity contribution in [3.63, 3.8) is 0 Å². The highest BCUT2D eigenvalue weighted by Gasteiger charge is 2.32. The minimum Gasteiger partial charge on any atom is -0.402 e. The van der Waals surface area contributed by atoms with Crippen molar-refractivity contribution in [3.05, 3.63) is 63.4 Å². The van der Waals surface area contributed by atoms with Gasteiger partial charge >= 0.3 is 6.01 Å². The molecule has 1 fully saturated rings. The number of imidazole rings is 1. The predicted molar refractivity (Wildman–Crippen MR) is 135 cm³/mol. The lowest BCUT2D eigenvalue weighted by Gasteiger charge is -2.24. The number of rotatable bonds is 6. The number of hydrogen-bond acceptors (Lipinski definition) is 6. The van der Waals surface area contributed by atoms with E-state index in [0.29, 0.717) is 22.6 Å². The van der Waals surface area contributed by atoms with Gasteiger partial charge in [0.2, 0.25) is 5.91 Å². The highest BCUT2D eigenvalue weighted by Crippen LogP contribution is 2.43. The zero-order valence-corrected chi connectivity index (χ0v) is 21.0. The Kier molecular flexibility index (Phi) is 6.87. The Morgan fingerprint density at radius 1 is 1.08 bits per heavy atom. The number of primary amides is 1. The number of nitrogens with zero attached hydrogens (tertiary/aromatic N) is 4. The van der Waals surface area contributed by atoms with Crippen LogP contribution in [0.15, 0.2) is 34.7 Å². The number of amides is 1. The van der Waals surface area contributed by atoms with E-state index >= 15 is 4.39 Å². The lowest BCUT2D eigenvalue weighted by Crippen LogP contribution is -2.18. The van der Waals surface area contributed by atoms with E-state index in [9.17, 15) is 9.18 Å². The van der Waals surface area contributed by atoms with Gasteiger partial charge in [-0.3, -0.25) is 9.36 Å². The molecule has 5 rings (SSSR count). The molecule has 2 aromatic carbocycles. The average Bonchev–Trinajstić information content (AvgIpc) is 3.47. The fourth-order valence-corrected chi connectivity index (χ4v) is 5.17. The van der Waals surface area contributed by atoms with Crippen LogP contribution in [0.3, 0.4) is 0 Å². The summed E-state index contributed by atoms with van der Waals surface area (Å²) in [6.45, 7) is 0. The molecule has 2 heterocycles. The van der Waals surface area contributed by atoms with Gasteiger partial charge in [0, 0.05) is 11.5 Å². The lowest BCUT2D eigenvalue weighted by molar-refractivity contribution is -0.117. The molecule has 4 aromatic rings. The summed E-state index contributed by atoms with van der Waals surface area (Å²) in [5.41, 5.74) is 12.4. The van der Waals surface area contributed by atoms with E-state index in [2.05, 4.69) is 10.2 Å². The van der Waals surface area contributed by atoms with Crippen molar-refractivity contribution in [2.75, 3.05) is 5.73 Å². The molecule has 8 nitrogen and oxygen atoms in total. The van der Waals surface area contributed by atoms with E-state index < -0.39 is 17.5 Å². The molecule has 1 amide bonds. The van der Waals surface area contributed by atoms with Gasteiger partial charge in [-0.25, -0.2) is 13.8 Å². The summed E-state index contributed by atoms with van der Waals surface area (Å²) >= 11 is 12.4. The van der Waals surface area contributed by atoms with Crippen molar-refractivity contribution in [3.8, 4) is 28.5 Å². The summed E-state index contributed by atoms with van der Waals surface area (Å²) in [6.07, 6.45) is 4.36. The molecular formula is C25H22Cl2F2N6O2. The van der Waals surface area contributed by atoms with Gasteiger partial charge in [0.25, 0.3) is 5.89 Å². The maximum absolute atomic E-state index is 15.9. The number of nitrogens with two attached hydrogens (primary N) is 2. The van der Waals surface area contributed by atoms with Crippen LogP contribution in [-0.4, -0.2) is 25.7 Å². The van der Waals surface area contributed by atoms with Gasteiger partial charge in [-0.2, -0.15) is 0 Å². The molecule has 2 aromatic heterocycles. The van der Waals surface area contributed by atoms with Crippen molar-refractivity contribution in [1.82, 2.24) is 19.7 Å². The predicted octanol–water partition coefficient (Wildman–Crippen LogP) is 5.83. The Bertz CT molecular complexity index is 1500. The van der Waals surface area contributed by atoms with Gasteiger partial charge in [0.05, 0.1) is 27.8 Å². The molecule has 0 radical (unpaired) electrons. The molecule has 1 aliphatic rings. The van der Waals surface area contributed by atoms with Gasteiger partial charge in [0.15, 0.2) is 11.5 Å². The smallest absolute Gasteiger partial charge is 0.313 e. The molecule has 12 heteroatoms. The maximum Gasteiger partial charge on any atom is 0.313 e. The molecule has 1 aliphatic carbocycles. The number of aromatic nitrogens is 4. The van der Waals surface area contributed by atoms with E-state index in [0.717, 1.165) is 32.1 Å². The second-order valence-corrected chi connectivity index (χ2v) is 9.74. The van der Waals surface area contributed by atoms with Crippen LogP contribution in [0, 0.1) is 11.6 Å². The maximum atomic E-state index is 15.9. The van der Waals surface area contributed by atoms with Crippen molar-refractivity contribution in [1.29, 1.82) is 0 Å². The number of carbonyl (C=O) groups excluding carboxylic acids is 1. The highest BCUT2D eigenvalue weighted by atomic mass is 35.5. The average molecular weight is 547 g/mol. The normalized spacial score (nSPS) is 14.3. The van der Waals surface area contributed by atoms with E-state index in [1.807, 2.05) is 0 Å². The van der Waals surface area contributed by atoms with E-state index in [-0.39, 0.29) is 45.7 Å². The van der Waals surface area contributed by atoms with Crippen LogP contribution >= 0.6 is 23.2 Å². The first-order chi connectivity index (χ1) is 17.7. The summed E-state index contributed by atoms with van der Waals surface area (Å²) in [5, 5.41) is 7.44. The zero-order valence-electron chi connectivity index (χ0n) is 19.5. The first-order valence-corrected chi connectivity index (χ1v) is 12.4. The molecule has 37 heavy (non-hydrogen) atoms. The summed E-state index contributed by atoms with van der Waals surface area (Å²) in [6, 6.07) is 6.80. The van der Waals surface area contributed by atoms with E-state index in [1.165, 1.54) is 24.3 Å². The van der Waals surface area contributed by atoms with E-state index in [1.54, 1.807) is 10.6 Å². The zero-order chi connectivity index (χ0) is 26.3. The Hall–Kier alpha value is -3.50. The van der Waals surface area contributed by atoms with Gasteiger partial charge in [-0.05, 0) is 42.7 Å². The Labute approximate surface area is 220 Å². The molecule has 0 aliphatic heterocycles. The quantitative estimate of drug-likeness (QED) is 0.313. The van der Waals surface area contributed by atoms with Crippen molar-refractivity contribution in [2.24, 2.45) is 5.73 Å². The fraction of sp³-hybridized carbons (Fsp3) is 0.280. The molecule has 0 unspecified atom stereocenters. The Morgan fingerprint density at radius 2 is 1.84 bits per heavy atom. The monoisotopic (exact) mass is 546 g/mol. The van der Waals surface area contributed by atoms with Gasteiger partial charge < -0.3 is 15.9 Å². The van der Waals surface area contributed by atoms with Crippen LogP contribution in [0.5, 0.6) is 0 Å². The first-order valence-electron chi connectivity index (χ1n) is 11.7. The Balaban J connectivity index is 1.91. The fourth-order valence-electron chi connectivity index (χ4n) is 4.84. The largest absolute Gasteiger partial charge is 0.402 e. The van der Waals surface area contributed by atoms with Crippen molar-refractivity contribution < 1.29 is 18.0 Å². The summed E-state index contributed by atoms with van der Waals surface area (Å²) in [7, 11) is 0. The number of anilines is 1. The Morgan fingerprint density at radius 3 is 2.49 bits per heavy atom. The number of carbonyl (C=O) groups is 1. The summed E-state index contributed by atoms with van der Waals surface area (Å²) in [4.78, 5) is 16.8. The third kappa shape index (κ3) is 4.78.